The summed E-state index contributed by atoms with van der Waals surface area (Å²) in [6, 6.07) is 13.8. The van der Waals surface area contributed by atoms with E-state index in [-0.39, 0.29) is 17.6 Å². The highest BCUT2D eigenvalue weighted by molar-refractivity contribution is 6.02. The van der Waals surface area contributed by atoms with Crippen LogP contribution in [0.3, 0.4) is 0 Å². The van der Waals surface area contributed by atoms with Gasteiger partial charge in [0.05, 0.1) is 6.26 Å². The number of hydrogen-bond donors (Lipinski definition) is 2. The lowest BCUT2D eigenvalue weighted by Crippen LogP contribution is -2.22. The van der Waals surface area contributed by atoms with Gasteiger partial charge in [-0.3, -0.25) is 14.6 Å². The zero-order valence-corrected chi connectivity index (χ0v) is 12.7. The quantitative estimate of drug-likeness (QED) is 0.757. The Morgan fingerprint density at radius 2 is 1.83 bits per heavy atom. The molecule has 0 aliphatic heterocycles. The van der Waals surface area contributed by atoms with Crippen molar-refractivity contribution in [3.05, 3.63) is 84.1 Å². The Labute approximate surface area is 138 Å². The number of carbonyl (C=O) groups is 2. The second-order valence-electron chi connectivity index (χ2n) is 5.05. The van der Waals surface area contributed by atoms with Gasteiger partial charge in [0.1, 0.15) is 0 Å². The molecule has 0 aliphatic rings. The minimum Gasteiger partial charge on any atom is -0.459 e. The van der Waals surface area contributed by atoms with Crippen LogP contribution in [0.25, 0.3) is 0 Å². The molecule has 2 heterocycles. The van der Waals surface area contributed by atoms with Crippen molar-refractivity contribution in [1.29, 1.82) is 0 Å². The number of amides is 2. The van der Waals surface area contributed by atoms with Gasteiger partial charge in [-0.05, 0) is 42.0 Å². The number of hydrogen-bond acceptors (Lipinski definition) is 4. The lowest BCUT2D eigenvalue weighted by Gasteiger charge is -2.08. The average molecular weight is 321 g/mol. The Morgan fingerprint density at radius 3 is 2.58 bits per heavy atom. The van der Waals surface area contributed by atoms with E-state index in [9.17, 15) is 9.59 Å². The van der Waals surface area contributed by atoms with Gasteiger partial charge in [0.25, 0.3) is 11.8 Å². The number of aromatic nitrogens is 1. The van der Waals surface area contributed by atoms with Crippen LogP contribution >= 0.6 is 0 Å². The number of carbonyl (C=O) groups excluding carboxylic acids is 2. The first-order chi connectivity index (χ1) is 11.7. The van der Waals surface area contributed by atoms with Crippen molar-refractivity contribution in [2.75, 3.05) is 5.32 Å². The Kier molecular flexibility index (Phi) is 4.67. The molecule has 0 unspecified atom stereocenters. The van der Waals surface area contributed by atoms with E-state index in [1.807, 2.05) is 12.1 Å². The Balaban J connectivity index is 1.61. The number of nitrogens with one attached hydrogen (secondary N) is 2. The third kappa shape index (κ3) is 3.86. The average Bonchev–Trinajstić information content (AvgIpc) is 3.15. The van der Waals surface area contributed by atoms with Crippen molar-refractivity contribution < 1.29 is 14.0 Å². The van der Waals surface area contributed by atoms with Gasteiger partial charge < -0.3 is 15.1 Å². The van der Waals surface area contributed by atoms with E-state index in [0.717, 1.165) is 5.56 Å². The maximum absolute atomic E-state index is 12.0. The van der Waals surface area contributed by atoms with Crippen molar-refractivity contribution in [3.8, 4) is 0 Å². The van der Waals surface area contributed by atoms with Crippen LogP contribution in [0.1, 0.15) is 26.5 Å². The van der Waals surface area contributed by atoms with E-state index in [2.05, 4.69) is 15.6 Å². The molecule has 0 aliphatic carbocycles. The lowest BCUT2D eigenvalue weighted by atomic mass is 10.2. The smallest absolute Gasteiger partial charge is 0.291 e. The first-order valence-corrected chi connectivity index (χ1v) is 7.34. The molecule has 0 atom stereocenters. The van der Waals surface area contributed by atoms with E-state index in [1.54, 1.807) is 48.8 Å². The first kappa shape index (κ1) is 15.5. The molecule has 6 nitrogen and oxygen atoms in total. The molecule has 0 fully saturated rings. The van der Waals surface area contributed by atoms with Gasteiger partial charge in [-0.2, -0.15) is 0 Å². The normalized spacial score (nSPS) is 10.2. The molecular weight excluding hydrogens is 306 g/mol. The monoisotopic (exact) mass is 321 g/mol. The molecule has 3 aromatic rings. The number of furan rings is 1. The summed E-state index contributed by atoms with van der Waals surface area (Å²) < 4.78 is 5.05. The van der Waals surface area contributed by atoms with Gasteiger partial charge in [-0.1, -0.05) is 12.1 Å². The van der Waals surface area contributed by atoms with Crippen molar-refractivity contribution in [2.45, 2.75) is 6.54 Å². The minimum absolute atomic E-state index is 0.178. The summed E-state index contributed by atoms with van der Waals surface area (Å²) in [5, 5.41) is 5.58. The number of rotatable bonds is 5. The van der Waals surface area contributed by atoms with Gasteiger partial charge in [0, 0.05) is 30.2 Å². The molecule has 6 heteroatoms. The van der Waals surface area contributed by atoms with E-state index in [4.69, 9.17) is 4.42 Å². The van der Waals surface area contributed by atoms with Gasteiger partial charge in [-0.25, -0.2) is 0 Å². The Morgan fingerprint density at radius 1 is 1.00 bits per heavy atom. The van der Waals surface area contributed by atoms with Crippen molar-refractivity contribution in [1.82, 2.24) is 10.3 Å². The van der Waals surface area contributed by atoms with Crippen LogP contribution in [0.5, 0.6) is 0 Å². The molecule has 3 rings (SSSR count). The highest BCUT2D eigenvalue weighted by Gasteiger charge is 2.09. The van der Waals surface area contributed by atoms with Crippen molar-refractivity contribution in [3.63, 3.8) is 0 Å². The molecule has 120 valence electrons. The van der Waals surface area contributed by atoms with Gasteiger partial charge in [0.2, 0.25) is 0 Å². The largest absolute Gasteiger partial charge is 0.459 e. The van der Waals surface area contributed by atoms with Gasteiger partial charge in [-0.15, -0.1) is 0 Å². The fourth-order valence-corrected chi connectivity index (χ4v) is 2.15. The van der Waals surface area contributed by atoms with Crippen LogP contribution in [0.4, 0.5) is 5.69 Å². The molecule has 0 saturated heterocycles. The van der Waals surface area contributed by atoms with E-state index < -0.39 is 0 Å². The molecule has 1 aromatic carbocycles. The van der Waals surface area contributed by atoms with Crippen LogP contribution in [-0.2, 0) is 6.54 Å². The van der Waals surface area contributed by atoms with E-state index >= 15 is 0 Å². The van der Waals surface area contributed by atoms with Crippen LogP contribution in [0.15, 0.2) is 71.6 Å². The molecule has 2 amide bonds. The SMILES string of the molecule is O=C(NCc1cccc(NC(=O)c2ccco2)c1)c1ccncc1. The Bertz CT molecular complexity index is 830. The van der Waals surface area contributed by atoms with Crippen LogP contribution in [-0.4, -0.2) is 16.8 Å². The Hall–Kier alpha value is -3.41. The number of anilines is 1. The number of nitrogens with zero attached hydrogens (tertiary/aromatic N) is 1. The summed E-state index contributed by atoms with van der Waals surface area (Å²) in [7, 11) is 0. The maximum atomic E-state index is 12.0. The third-order valence-corrected chi connectivity index (χ3v) is 3.33. The maximum Gasteiger partial charge on any atom is 0.291 e. The molecule has 2 aromatic heterocycles. The van der Waals surface area contributed by atoms with Crippen LogP contribution < -0.4 is 10.6 Å². The molecule has 0 radical (unpaired) electrons. The summed E-state index contributed by atoms with van der Waals surface area (Å²) in [6.45, 7) is 0.353. The summed E-state index contributed by atoms with van der Waals surface area (Å²) in [4.78, 5) is 27.9. The standard InChI is InChI=1S/C18H15N3O3/c22-17(14-6-8-19-9-7-14)20-12-13-3-1-4-15(11-13)21-18(23)16-5-2-10-24-16/h1-11H,12H2,(H,20,22)(H,21,23). The van der Waals surface area contributed by atoms with Crippen molar-refractivity contribution >= 4 is 17.5 Å². The lowest BCUT2D eigenvalue weighted by molar-refractivity contribution is 0.0949. The molecule has 0 spiro atoms. The van der Waals surface area contributed by atoms with Crippen molar-refractivity contribution in [2.24, 2.45) is 0 Å². The van der Waals surface area contributed by atoms with Crippen LogP contribution in [0.2, 0.25) is 0 Å². The minimum atomic E-state index is -0.321. The van der Waals surface area contributed by atoms with E-state index in [1.165, 1.54) is 6.26 Å². The highest BCUT2D eigenvalue weighted by Crippen LogP contribution is 2.13. The summed E-state index contributed by atoms with van der Waals surface area (Å²) in [5.41, 5.74) is 2.05. The molecule has 0 saturated carbocycles. The van der Waals surface area contributed by atoms with Gasteiger partial charge >= 0.3 is 0 Å². The fraction of sp³-hybridized carbons (Fsp3) is 0.0556. The second kappa shape index (κ2) is 7.23. The number of benzene rings is 1. The third-order valence-electron chi connectivity index (χ3n) is 3.33. The second-order valence-corrected chi connectivity index (χ2v) is 5.05. The van der Waals surface area contributed by atoms with Gasteiger partial charge in [0.15, 0.2) is 5.76 Å². The molecule has 2 N–H and O–H groups in total. The predicted octanol–water partition coefficient (Wildman–Crippen LogP) is 2.86. The summed E-state index contributed by atoms with van der Waals surface area (Å²) in [5.74, 6) is -0.258. The molecule has 24 heavy (non-hydrogen) atoms. The topological polar surface area (TPSA) is 84.2 Å². The zero-order chi connectivity index (χ0) is 16.8. The fourth-order valence-electron chi connectivity index (χ4n) is 2.15. The summed E-state index contributed by atoms with van der Waals surface area (Å²) in [6.07, 6.45) is 4.58. The highest BCUT2D eigenvalue weighted by atomic mass is 16.3. The molecular formula is C18H15N3O3. The number of pyridine rings is 1. The van der Waals surface area contributed by atoms with Crippen LogP contribution in [0, 0.1) is 0 Å². The predicted molar refractivity (Wildman–Crippen MR) is 88.5 cm³/mol. The molecule has 0 bridgehead atoms. The zero-order valence-electron chi connectivity index (χ0n) is 12.7. The first-order valence-electron chi connectivity index (χ1n) is 7.34. The van der Waals surface area contributed by atoms with E-state index in [0.29, 0.717) is 17.8 Å². The summed E-state index contributed by atoms with van der Waals surface area (Å²) >= 11 is 0.